The summed E-state index contributed by atoms with van der Waals surface area (Å²) in [5.41, 5.74) is 4.12. The van der Waals surface area contributed by atoms with Gasteiger partial charge in [0.25, 0.3) is 0 Å². The summed E-state index contributed by atoms with van der Waals surface area (Å²) in [6.45, 7) is 1.10. The third-order valence-corrected chi connectivity index (χ3v) is 2.49. The summed E-state index contributed by atoms with van der Waals surface area (Å²) < 4.78 is 31.6. The van der Waals surface area contributed by atoms with Crippen molar-refractivity contribution < 1.29 is 28.3 Å². The number of nitrogens with two attached hydrogens (primary N) is 1. The van der Waals surface area contributed by atoms with Crippen LogP contribution in [0.1, 0.15) is 18.5 Å². The maximum Gasteiger partial charge on any atom is 0.379 e. The van der Waals surface area contributed by atoms with Crippen molar-refractivity contribution in [3.05, 3.63) is 33.9 Å². The Balaban J connectivity index is 3.14. The van der Waals surface area contributed by atoms with Crippen LogP contribution in [-0.4, -0.2) is 28.5 Å². The van der Waals surface area contributed by atoms with Crippen LogP contribution in [0, 0.1) is 10.1 Å². The SMILES string of the molecule is CCOC(=O)C(F)(F)[C@@H](N)c1ccc(O)c([N+](=O)[O-])c1. The number of phenolic OH excluding ortho intramolecular Hbond substituents is 1. The van der Waals surface area contributed by atoms with E-state index in [9.17, 15) is 28.8 Å². The first-order valence-corrected chi connectivity index (χ1v) is 5.49. The molecule has 1 rings (SSSR count). The van der Waals surface area contributed by atoms with Gasteiger partial charge >= 0.3 is 17.6 Å². The van der Waals surface area contributed by atoms with E-state index in [0.29, 0.717) is 6.07 Å². The van der Waals surface area contributed by atoms with E-state index in [0.717, 1.165) is 12.1 Å². The molecule has 0 fully saturated rings. The van der Waals surface area contributed by atoms with E-state index >= 15 is 0 Å². The number of esters is 1. The fourth-order valence-electron chi connectivity index (χ4n) is 1.44. The number of hydrogen-bond donors (Lipinski definition) is 2. The monoisotopic (exact) mass is 290 g/mol. The second kappa shape index (κ2) is 5.78. The van der Waals surface area contributed by atoms with E-state index in [2.05, 4.69) is 4.74 Å². The Labute approximate surface area is 112 Å². The van der Waals surface area contributed by atoms with Gasteiger partial charge in [0.2, 0.25) is 0 Å². The van der Waals surface area contributed by atoms with Gasteiger partial charge in [-0.2, -0.15) is 8.78 Å². The summed E-state index contributed by atoms with van der Waals surface area (Å²) in [4.78, 5) is 20.8. The molecule has 0 saturated carbocycles. The second-order valence-corrected chi connectivity index (χ2v) is 3.83. The van der Waals surface area contributed by atoms with E-state index in [1.54, 1.807) is 0 Å². The van der Waals surface area contributed by atoms with Crippen molar-refractivity contribution in [2.24, 2.45) is 5.73 Å². The van der Waals surface area contributed by atoms with E-state index < -0.39 is 34.3 Å². The number of nitrogens with zero attached hydrogens (tertiary/aromatic N) is 1. The number of phenols is 1. The van der Waals surface area contributed by atoms with Crippen LogP contribution in [-0.2, 0) is 9.53 Å². The highest BCUT2D eigenvalue weighted by atomic mass is 19.3. The lowest BCUT2D eigenvalue weighted by Crippen LogP contribution is -2.41. The van der Waals surface area contributed by atoms with Gasteiger partial charge in [0, 0.05) is 6.07 Å². The zero-order chi connectivity index (χ0) is 15.5. The molecule has 3 N–H and O–H groups in total. The molecule has 1 atom stereocenters. The predicted octanol–water partition coefficient (Wildman–Crippen LogP) is 1.50. The van der Waals surface area contributed by atoms with Gasteiger partial charge in [-0.05, 0) is 18.6 Å². The number of ether oxygens (including phenoxy) is 1. The number of carbonyl (C=O) groups is 1. The molecule has 0 aromatic heterocycles. The van der Waals surface area contributed by atoms with E-state index in [4.69, 9.17) is 5.73 Å². The molecule has 1 aromatic carbocycles. The van der Waals surface area contributed by atoms with Crippen LogP contribution in [0.4, 0.5) is 14.5 Å². The molecule has 0 unspecified atom stereocenters. The van der Waals surface area contributed by atoms with Crippen LogP contribution in [0.25, 0.3) is 0 Å². The summed E-state index contributed by atoms with van der Waals surface area (Å²) >= 11 is 0. The van der Waals surface area contributed by atoms with Crippen LogP contribution >= 0.6 is 0 Å². The number of halogens is 2. The van der Waals surface area contributed by atoms with Crippen molar-refractivity contribution in [3.63, 3.8) is 0 Å². The Morgan fingerprint density at radius 2 is 2.20 bits per heavy atom. The lowest BCUT2D eigenvalue weighted by molar-refractivity contribution is -0.386. The maximum absolute atomic E-state index is 13.7. The van der Waals surface area contributed by atoms with Gasteiger partial charge in [-0.15, -0.1) is 0 Å². The van der Waals surface area contributed by atoms with Gasteiger partial charge in [0.15, 0.2) is 5.75 Å². The molecule has 0 aliphatic carbocycles. The standard InChI is InChI=1S/C11H12F2N2O5/c1-2-20-10(17)11(12,13)9(14)6-3-4-8(16)7(5-6)15(18)19/h3-5,9,16H,2,14H2,1H3/t9-/m0/s1. The maximum atomic E-state index is 13.7. The number of benzene rings is 1. The first kappa shape index (κ1) is 15.8. The normalized spacial score (nSPS) is 12.8. The van der Waals surface area contributed by atoms with Crippen molar-refractivity contribution in [2.75, 3.05) is 6.61 Å². The number of rotatable bonds is 5. The summed E-state index contributed by atoms with van der Waals surface area (Å²) in [5.74, 6) is -6.55. The Morgan fingerprint density at radius 3 is 2.70 bits per heavy atom. The summed E-state index contributed by atoms with van der Waals surface area (Å²) in [6.07, 6.45) is 0. The van der Waals surface area contributed by atoms with Gasteiger partial charge < -0.3 is 15.6 Å². The molecule has 110 valence electrons. The number of carbonyl (C=O) groups excluding carboxylic acids is 1. The van der Waals surface area contributed by atoms with Gasteiger partial charge in [-0.25, -0.2) is 4.79 Å². The number of nitro groups is 1. The third kappa shape index (κ3) is 2.99. The summed E-state index contributed by atoms with van der Waals surface area (Å²) in [6, 6.07) is 0.391. The average molecular weight is 290 g/mol. The van der Waals surface area contributed by atoms with Crippen LogP contribution in [0.3, 0.4) is 0 Å². The molecule has 7 nitrogen and oxygen atoms in total. The molecule has 0 spiro atoms. The Morgan fingerprint density at radius 1 is 1.60 bits per heavy atom. The van der Waals surface area contributed by atoms with Gasteiger partial charge in [0.05, 0.1) is 11.5 Å². The fraction of sp³-hybridized carbons (Fsp3) is 0.364. The van der Waals surface area contributed by atoms with Crippen LogP contribution in [0.15, 0.2) is 18.2 Å². The quantitative estimate of drug-likeness (QED) is 0.482. The number of hydrogen-bond acceptors (Lipinski definition) is 6. The van der Waals surface area contributed by atoms with Gasteiger partial charge in [-0.3, -0.25) is 10.1 Å². The highest BCUT2D eigenvalue weighted by Crippen LogP contribution is 2.35. The Kier molecular flexibility index (Phi) is 4.56. The largest absolute Gasteiger partial charge is 0.502 e. The molecule has 0 aliphatic heterocycles. The minimum Gasteiger partial charge on any atom is -0.502 e. The summed E-state index contributed by atoms with van der Waals surface area (Å²) in [7, 11) is 0. The molecular formula is C11H12F2N2O5. The Hall–Kier alpha value is -2.29. The third-order valence-electron chi connectivity index (χ3n) is 2.49. The topological polar surface area (TPSA) is 116 Å². The fourth-order valence-corrected chi connectivity index (χ4v) is 1.44. The zero-order valence-electron chi connectivity index (χ0n) is 10.4. The van der Waals surface area contributed by atoms with E-state index in [1.807, 2.05) is 0 Å². The second-order valence-electron chi connectivity index (χ2n) is 3.83. The van der Waals surface area contributed by atoms with Crippen LogP contribution < -0.4 is 5.73 Å². The Bertz CT molecular complexity index is 536. The molecule has 1 aromatic rings. The van der Waals surface area contributed by atoms with Gasteiger partial charge in [0.1, 0.15) is 6.04 Å². The molecule has 9 heteroatoms. The lowest BCUT2D eigenvalue weighted by Gasteiger charge is -2.21. The minimum absolute atomic E-state index is 0.253. The number of alkyl halides is 2. The van der Waals surface area contributed by atoms with Crippen molar-refractivity contribution >= 4 is 11.7 Å². The summed E-state index contributed by atoms with van der Waals surface area (Å²) in [5, 5.41) is 19.8. The smallest absolute Gasteiger partial charge is 0.379 e. The molecule has 0 heterocycles. The molecule has 0 saturated heterocycles. The molecule has 0 bridgehead atoms. The first-order chi connectivity index (χ1) is 9.21. The van der Waals surface area contributed by atoms with Crippen LogP contribution in [0.5, 0.6) is 5.75 Å². The number of nitro benzene ring substituents is 1. The first-order valence-electron chi connectivity index (χ1n) is 5.49. The predicted molar refractivity (Wildman–Crippen MR) is 63.3 cm³/mol. The molecular weight excluding hydrogens is 278 g/mol. The lowest BCUT2D eigenvalue weighted by atomic mass is 10.0. The molecule has 0 radical (unpaired) electrons. The van der Waals surface area contributed by atoms with E-state index in [-0.39, 0.29) is 12.2 Å². The minimum atomic E-state index is -4.04. The molecule has 0 aliphatic rings. The molecule has 20 heavy (non-hydrogen) atoms. The number of aromatic hydroxyl groups is 1. The zero-order valence-corrected chi connectivity index (χ0v) is 10.4. The van der Waals surface area contributed by atoms with Crippen LogP contribution in [0.2, 0.25) is 0 Å². The highest BCUT2D eigenvalue weighted by Gasteiger charge is 2.48. The van der Waals surface area contributed by atoms with Crippen molar-refractivity contribution in [1.82, 2.24) is 0 Å². The highest BCUT2D eigenvalue weighted by molar-refractivity contribution is 5.79. The van der Waals surface area contributed by atoms with Crippen molar-refractivity contribution in [3.8, 4) is 5.75 Å². The van der Waals surface area contributed by atoms with Gasteiger partial charge in [-0.1, -0.05) is 6.07 Å². The van der Waals surface area contributed by atoms with E-state index in [1.165, 1.54) is 6.92 Å². The van der Waals surface area contributed by atoms with Crippen molar-refractivity contribution in [1.29, 1.82) is 0 Å². The van der Waals surface area contributed by atoms with Crippen molar-refractivity contribution in [2.45, 2.75) is 18.9 Å². The molecule has 0 amide bonds. The average Bonchev–Trinajstić information content (AvgIpc) is 2.38.